The Balaban J connectivity index is 1.93. The van der Waals surface area contributed by atoms with Gasteiger partial charge in [0, 0.05) is 44.2 Å². The molecule has 0 fully saturated rings. The first kappa shape index (κ1) is 21.0. The highest BCUT2D eigenvalue weighted by Gasteiger charge is 2.09. The van der Waals surface area contributed by atoms with E-state index < -0.39 is 0 Å². The summed E-state index contributed by atoms with van der Waals surface area (Å²) in [5, 5.41) is 4.50. The number of aliphatic imine (C=N–C) groups is 1. The molecule has 1 aromatic carbocycles. The minimum Gasteiger partial charge on any atom is -0.493 e. The largest absolute Gasteiger partial charge is 0.493 e. The van der Waals surface area contributed by atoms with Crippen LogP contribution < -0.4 is 14.8 Å². The lowest BCUT2D eigenvalue weighted by molar-refractivity contribution is 0.354. The van der Waals surface area contributed by atoms with Crippen LogP contribution >= 0.6 is 11.3 Å². The fourth-order valence-corrected chi connectivity index (χ4v) is 3.46. The number of benzene rings is 1. The Labute approximate surface area is 166 Å². The van der Waals surface area contributed by atoms with Crippen LogP contribution in [0, 0.1) is 6.92 Å². The zero-order chi connectivity index (χ0) is 19.6. The van der Waals surface area contributed by atoms with Crippen molar-refractivity contribution in [2.75, 3.05) is 40.9 Å². The van der Waals surface area contributed by atoms with Gasteiger partial charge in [-0.1, -0.05) is 6.07 Å². The number of ether oxygens (including phenoxy) is 2. The van der Waals surface area contributed by atoms with E-state index in [9.17, 15) is 0 Å². The molecule has 0 bridgehead atoms. The minimum atomic E-state index is 0.732. The Hall–Kier alpha value is -2.28. The quantitative estimate of drug-likeness (QED) is 0.526. The van der Waals surface area contributed by atoms with Crippen molar-refractivity contribution < 1.29 is 9.47 Å². The summed E-state index contributed by atoms with van der Waals surface area (Å²) < 4.78 is 10.7. The highest BCUT2D eigenvalue weighted by atomic mass is 32.1. The molecule has 1 heterocycles. The molecule has 7 heteroatoms. The van der Waals surface area contributed by atoms with Crippen molar-refractivity contribution in [2.24, 2.45) is 4.99 Å². The van der Waals surface area contributed by atoms with Crippen LogP contribution in [0.2, 0.25) is 0 Å². The number of thiazole rings is 1. The molecule has 27 heavy (non-hydrogen) atoms. The number of nitrogens with zero attached hydrogens (tertiary/aromatic N) is 3. The number of aryl methyl sites for hydroxylation is 1. The van der Waals surface area contributed by atoms with E-state index in [0.29, 0.717) is 0 Å². The molecule has 148 valence electrons. The molecule has 0 aliphatic carbocycles. The lowest BCUT2D eigenvalue weighted by Gasteiger charge is -2.22. The van der Waals surface area contributed by atoms with Crippen LogP contribution in [-0.2, 0) is 12.8 Å². The van der Waals surface area contributed by atoms with E-state index >= 15 is 0 Å². The van der Waals surface area contributed by atoms with Crippen molar-refractivity contribution >= 4 is 17.3 Å². The number of rotatable bonds is 9. The van der Waals surface area contributed by atoms with Gasteiger partial charge in [0.05, 0.1) is 19.2 Å². The second-order valence-corrected chi connectivity index (χ2v) is 7.53. The van der Waals surface area contributed by atoms with E-state index in [1.165, 1.54) is 10.4 Å². The van der Waals surface area contributed by atoms with Crippen molar-refractivity contribution in [3.8, 4) is 11.5 Å². The van der Waals surface area contributed by atoms with Gasteiger partial charge in [-0.3, -0.25) is 4.99 Å². The molecule has 0 amide bonds. The topological polar surface area (TPSA) is 59.0 Å². The van der Waals surface area contributed by atoms with Crippen molar-refractivity contribution in [3.05, 3.63) is 39.8 Å². The van der Waals surface area contributed by atoms with Gasteiger partial charge in [0.15, 0.2) is 17.5 Å². The van der Waals surface area contributed by atoms with Gasteiger partial charge in [-0.2, -0.15) is 0 Å². The number of aromatic nitrogens is 1. The summed E-state index contributed by atoms with van der Waals surface area (Å²) >= 11 is 1.74. The predicted molar refractivity (Wildman–Crippen MR) is 112 cm³/mol. The molecule has 1 N–H and O–H groups in total. The van der Waals surface area contributed by atoms with Crippen LogP contribution in [0.5, 0.6) is 11.5 Å². The van der Waals surface area contributed by atoms with Crippen LogP contribution in [0.1, 0.15) is 22.4 Å². The molecule has 0 atom stereocenters. The molecular formula is C20H30N4O2S. The highest BCUT2D eigenvalue weighted by Crippen LogP contribution is 2.27. The number of nitrogens with one attached hydrogen (secondary N) is 1. The van der Waals surface area contributed by atoms with Gasteiger partial charge in [0.25, 0.3) is 0 Å². The number of guanidine groups is 1. The van der Waals surface area contributed by atoms with E-state index in [1.807, 2.05) is 18.3 Å². The molecule has 0 saturated carbocycles. The molecule has 0 aliphatic heterocycles. The van der Waals surface area contributed by atoms with Gasteiger partial charge in [0.1, 0.15) is 0 Å². The Morgan fingerprint density at radius 1 is 1.22 bits per heavy atom. The van der Waals surface area contributed by atoms with Crippen molar-refractivity contribution in [3.63, 3.8) is 0 Å². The second kappa shape index (κ2) is 10.8. The average molecular weight is 391 g/mol. The molecule has 2 rings (SSSR count). The fourth-order valence-electron chi connectivity index (χ4n) is 2.68. The van der Waals surface area contributed by atoms with Gasteiger partial charge < -0.3 is 19.7 Å². The number of hydrogen-bond donors (Lipinski definition) is 1. The summed E-state index contributed by atoms with van der Waals surface area (Å²) in [4.78, 5) is 12.6. The standard InChI is InChI=1S/C20H30N4O2S/c1-6-21-20(22-11-9-19-23-14-15(2)27-19)24(3)12-10-16-7-8-17(25-4)18(13-16)26-5/h7-8,13-14H,6,9-12H2,1-5H3,(H,21,22). The highest BCUT2D eigenvalue weighted by molar-refractivity contribution is 7.11. The summed E-state index contributed by atoms with van der Waals surface area (Å²) in [6.45, 7) is 6.60. The maximum atomic E-state index is 5.39. The normalized spacial score (nSPS) is 11.4. The Bertz CT molecular complexity index is 745. The third kappa shape index (κ3) is 6.43. The number of likely N-dealkylation sites (N-methyl/N-ethyl adjacent to an activating group) is 1. The first-order chi connectivity index (χ1) is 13.1. The van der Waals surface area contributed by atoms with Gasteiger partial charge in [-0.25, -0.2) is 4.98 Å². The number of hydrogen-bond acceptors (Lipinski definition) is 5. The summed E-state index contributed by atoms with van der Waals surface area (Å²) in [7, 11) is 5.38. The lowest BCUT2D eigenvalue weighted by atomic mass is 10.1. The Kier molecular flexibility index (Phi) is 8.39. The van der Waals surface area contributed by atoms with Crippen LogP contribution in [-0.4, -0.2) is 56.7 Å². The van der Waals surface area contributed by atoms with E-state index in [2.05, 4.69) is 42.2 Å². The molecule has 0 spiro atoms. The SMILES string of the molecule is CCNC(=NCCc1ncc(C)s1)N(C)CCc1ccc(OC)c(OC)c1. The smallest absolute Gasteiger partial charge is 0.193 e. The van der Waals surface area contributed by atoms with E-state index in [4.69, 9.17) is 14.5 Å². The first-order valence-corrected chi connectivity index (χ1v) is 10.0. The maximum Gasteiger partial charge on any atom is 0.193 e. The molecule has 0 unspecified atom stereocenters. The first-order valence-electron chi connectivity index (χ1n) is 9.19. The van der Waals surface area contributed by atoms with Crippen molar-refractivity contribution in [2.45, 2.75) is 26.7 Å². The third-order valence-electron chi connectivity index (χ3n) is 4.14. The molecule has 0 aliphatic rings. The predicted octanol–water partition coefficient (Wildman–Crippen LogP) is 3.15. The third-order valence-corrected chi connectivity index (χ3v) is 5.11. The maximum absolute atomic E-state index is 5.39. The van der Waals surface area contributed by atoms with Gasteiger partial charge in [0.2, 0.25) is 0 Å². The zero-order valence-corrected chi connectivity index (χ0v) is 17.7. The second-order valence-electron chi connectivity index (χ2n) is 6.21. The van der Waals surface area contributed by atoms with Gasteiger partial charge in [-0.15, -0.1) is 11.3 Å². The van der Waals surface area contributed by atoms with Crippen LogP contribution in [0.4, 0.5) is 0 Å². The fraction of sp³-hybridized carbons (Fsp3) is 0.500. The van der Waals surface area contributed by atoms with Gasteiger partial charge in [-0.05, 0) is 38.0 Å². The summed E-state index contributed by atoms with van der Waals surface area (Å²) in [6, 6.07) is 6.05. The van der Waals surface area contributed by atoms with E-state index in [-0.39, 0.29) is 0 Å². The molecule has 0 saturated heterocycles. The van der Waals surface area contributed by atoms with E-state index in [0.717, 1.165) is 54.9 Å². The monoisotopic (exact) mass is 390 g/mol. The Morgan fingerprint density at radius 3 is 2.63 bits per heavy atom. The molecule has 2 aromatic rings. The van der Waals surface area contributed by atoms with Crippen LogP contribution in [0.25, 0.3) is 0 Å². The lowest BCUT2D eigenvalue weighted by Crippen LogP contribution is -2.40. The zero-order valence-electron chi connectivity index (χ0n) is 16.9. The summed E-state index contributed by atoms with van der Waals surface area (Å²) in [6.07, 6.45) is 3.69. The average Bonchev–Trinajstić information content (AvgIpc) is 3.10. The van der Waals surface area contributed by atoms with E-state index in [1.54, 1.807) is 25.6 Å². The van der Waals surface area contributed by atoms with Crippen LogP contribution in [0.3, 0.4) is 0 Å². The Morgan fingerprint density at radius 2 is 2.00 bits per heavy atom. The molecular weight excluding hydrogens is 360 g/mol. The van der Waals surface area contributed by atoms with Crippen molar-refractivity contribution in [1.29, 1.82) is 0 Å². The molecule has 0 radical (unpaired) electrons. The summed E-state index contributed by atoms with van der Waals surface area (Å²) in [5.41, 5.74) is 1.20. The van der Waals surface area contributed by atoms with Crippen LogP contribution in [0.15, 0.2) is 29.4 Å². The molecule has 1 aromatic heterocycles. The summed E-state index contributed by atoms with van der Waals surface area (Å²) in [5.74, 6) is 2.44. The minimum absolute atomic E-state index is 0.732. The van der Waals surface area contributed by atoms with Crippen molar-refractivity contribution in [1.82, 2.24) is 15.2 Å². The molecule has 6 nitrogen and oxygen atoms in total. The van der Waals surface area contributed by atoms with Gasteiger partial charge >= 0.3 is 0 Å². The number of methoxy groups -OCH3 is 2.